The van der Waals surface area contributed by atoms with Crippen LogP contribution in [0, 0.1) is 12.7 Å². The summed E-state index contributed by atoms with van der Waals surface area (Å²) in [7, 11) is -3.89. The third-order valence-electron chi connectivity index (χ3n) is 4.63. The number of H-pyrrole nitrogens is 1. The number of thioether (sulfide) groups is 1. The Morgan fingerprint density at radius 1 is 1.06 bits per heavy atom. The van der Waals surface area contributed by atoms with Gasteiger partial charge in [0.2, 0.25) is 5.91 Å². The van der Waals surface area contributed by atoms with Crippen molar-refractivity contribution in [3.63, 3.8) is 0 Å². The number of benzene rings is 3. The number of amides is 1. The van der Waals surface area contributed by atoms with Crippen molar-refractivity contribution in [3.05, 3.63) is 84.2 Å². The Morgan fingerprint density at radius 3 is 2.52 bits per heavy atom. The molecule has 9 heteroatoms. The zero-order valence-corrected chi connectivity index (χ0v) is 18.1. The SMILES string of the molecule is Cc1ccc(NC(=O)CSc2[nH]c3ccccc3[n+]2S(=O)(=O)c2ccccc2)cc1F. The van der Waals surface area contributed by atoms with Crippen molar-refractivity contribution in [2.24, 2.45) is 0 Å². The topological polar surface area (TPSA) is 82.9 Å². The van der Waals surface area contributed by atoms with Crippen molar-refractivity contribution in [1.82, 2.24) is 4.98 Å². The molecule has 0 unspecified atom stereocenters. The van der Waals surface area contributed by atoms with Gasteiger partial charge in [0.25, 0.3) is 0 Å². The Morgan fingerprint density at radius 2 is 1.77 bits per heavy atom. The minimum atomic E-state index is -3.89. The van der Waals surface area contributed by atoms with E-state index in [1.165, 1.54) is 22.2 Å². The summed E-state index contributed by atoms with van der Waals surface area (Å²) < 4.78 is 41.6. The quantitative estimate of drug-likeness (QED) is 0.341. The fourth-order valence-corrected chi connectivity index (χ4v) is 5.65. The lowest BCUT2D eigenvalue weighted by Crippen LogP contribution is -2.44. The van der Waals surface area contributed by atoms with Crippen LogP contribution >= 0.6 is 11.8 Å². The van der Waals surface area contributed by atoms with Crippen molar-refractivity contribution >= 4 is 44.4 Å². The molecule has 0 atom stereocenters. The van der Waals surface area contributed by atoms with E-state index in [-0.39, 0.29) is 16.6 Å². The standard InChI is InChI=1S/C22H18FN3O3S2/c1-15-11-12-16(13-18(15)23)24-21(27)14-30-22-25-19-9-5-6-10-20(19)26(22)31(28,29)17-7-3-2-4-8-17/h2-13H,14H2,1H3,(H,24,27)/p+1. The van der Waals surface area contributed by atoms with E-state index in [9.17, 15) is 17.6 Å². The van der Waals surface area contributed by atoms with Gasteiger partial charge < -0.3 is 5.32 Å². The Hall–Kier alpha value is -3.17. The molecule has 3 aromatic carbocycles. The first kappa shape index (κ1) is 21.1. The highest BCUT2D eigenvalue weighted by atomic mass is 32.2. The molecular formula is C22H19FN3O3S2+. The average Bonchev–Trinajstić information content (AvgIpc) is 3.15. The third-order valence-corrected chi connectivity index (χ3v) is 7.43. The number of carbonyl (C=O) groups is 1. The second kappa shape index (κ2) is 8.52. The van der Waals surface area contributed by atoms with E-state index in [0.717, 1.165) is 11.8 Å². The van der Waals surface area contributed by atoms with Crippen LogP contribution in [0.1, 0.15) is 5.56 Å². The van der Waals surface area contributed by atoms with E-state index in [1.54, 1.807) is 61.5 Å². The highest BCUT2D eigenvalue weighted by molar-refractivity contribution is 8.00. The van der Waals surface area contributed by atoms with E-state index < -0.39 is 15.8 Å². The summed E-state index contributed by atoms with van der Waals surface area (Å²) in [5.41, 5.74) is 1.94. The number of halogens is 1. The van der Waals surface area contributed by atoms with Crippen molar-refractivity contribution < 1.29 is 21.6 Å². The molecule has 31 heavy (non-hydrogen) atoms. The van der Waals surface area contributed by atoms with Gasteiger partial charge in [-0.05, 0) is 60.6 Å². The Labute approximate surface area is 183 Å². The van der Waals surface area contributed by atoms with E-state index in [1.807, 2.05) is 0 Å². The first-order chi connectivity index (χ1) is 14.9. The number of aromatic nitrogens is 2. The molecule has 1 heterocycles. The summed E-state index contributed by atoms with van der Waals surface area (Å²) in [4.78, 5) is 15.6. The highest BCUT2D eigenvalue weighted by Gasteiger charge is 2.31. The van der Waals surface area contributed by atoms with E-state index in [0.29, 0.717) is 27.4 Å². The second-order valence-electron chi connectivity index (χ2n) is 6.83. The number of hydrogen-bond donors (Lipinski definition) is 2. The van der Waals surface area contributed by atoms with Gasteiger partial charge in [0.05, 0.1) is 5.75 Å². The fraction of sp³-hybridized carbons (Fsp3) is 0.0909. The van der Waals surface area contributed by atoms with Gasteiger partial charge in [-0.2, -0.15) is 8.42 Å². The van der Waals surface area contributed by atoms with Gasteiger partial charge in [0.1, 0.15) is 10.7 Å². The Kier molecular flexibility index (Phi) is 5.79. The van der Waals surface area contributed by atoms with Crippen molar-refractivity contribution in [2.45, 2.75) is 17.0 Å². The number of rotatable bonds is 6. The summed E-state index contributed by atoms with van der Waals surface area (Å²) in [6.45, 7) is 1.64. The summed E-state index contributed by atoms with van der Waals surface area (Å²) in [5, 5.41) is 2.93. The number of para-hydroxylation sites is 2. The Balaban J connectivity index is 1.63. The van der Waals surface area contributed by atoms with Crippen LogP contribution in [0.25, 0.3) is 11.0 Å². The number of anilines is 1. The van der Waals surface area contributed by atoms with Gasteiger partial charge in [0.15, 0.2) is 11.0 Å². The van der Waals surface area contributed by atoms with Gasteiger partial charge in [-0.1, -0.05) is 36.4 Å². The molecule has 0 saturated heterocycles. The summed E-state index contributed by atoms with van der Waals surface area (Å²) in [6, 6.07) is 19.6. The Bertz CT molecular complexity index is 1370. The average molecular weight is 457 g/mol. The maximum atomic E-state index is 13.7. The van der Waals surface area contributed by atoms with Crippen LogP contribution in [-0.4, -0.2) is 25.1 Å². The molecular weight excluding hydrogens is 437 g/mol. The lowest BCUT2D eigenvalue weighted by atomic mass is 10.2. The molecule has 6 nitrogen and oxygen atoms in total. The highest BCUT2D eigenvalue weighted by Crippen LogP contribution is 2.22. The molecule has 0 radical (unpaired) electrons. The molecule has 0 aliphatic carbocycles. The molecule has 0 spiro atoms. The number of fused-ring (bicyclic) bond motifs is 1. The molecule has 0 aliphatic rings. The summed E-state index contributed by atoms with van der Waals surface area (Å²) in [5.74, 6) is -0.851. The number of nitrogens with zero attached hydrogens (tertiary/aromatic N) is 1. The van der Waals surface area contributed by atoms with E-state index in [4.69, 9.17) is 0 Å². The number of aryl methyl sites for hydroxylation is 1. The predicted octanol–water partition coefficient (Wildman–Crippen LogP) is 3.87. The van der Waals surface area contributed by atoms with Gasteiger partial charge in [-0.15, -0.1) is 3.97 Å². The number of imidazole rings is 1. The molecule has 0 fully saturated rings. The van der Waals surface area contributed by atoms with E-state index >= 15 is 0 Å². The molecule has 4 aromatic rings. The van der Waals surface area contributed by atoms with Gasteiger partial charge >= 0.3 is 15.2 Å². The lowest BCUT2D eigenvalue weighted by molar-refractivity contribution is -0.526. The predicted molar refractivity (Wildman–Crippen MR) is 118 cm³/mol. The maximum Gasteiger partial charge on any atom is 0.336 e. The molecule has 1 amide bonds. The number of carbonyl (C=O) groups excluding carboxylic acids is 1. The molecule has 4 rings (SSSR count). The smallest absolute Gasteiger partial charge is 0.325 e. The van der Waals surface area contributed by atoms with Crippen LogP contribution in [0.2, 0.25) is 0 Å². The second-order valence-corrected chi connectivity index (χ2v) is 9.58. The third kappa shape index (κ3) is 4.33. The van der Waals surface area contributed by atoms with Crippen molar-refractivity contribution in [3.8, 4) is 0 Å². The summed E-state index contributed by atoms with van der Waals surface area (Å²) in [6.07, 6.45) is 0. The molecule has 1 aromatic heterocycles. The monoisotopic (exact) mass is 456 g/mol. The zero-order valence-electron chi connectivity index (χ0n) is 16.5. The first-order valence-electron chi connectivity index (χ1n) is 9.38. The largest absolute Gasteiger partial charge is 0.336 e. The number of aromatic amines is 1. The molecule has 2 N–H and O–H groups in total. The van der Waals surface area contributed by atoms with Gasteiger partial charge in [0, 0.05) is 5.69 Å². The fourth-order valence-electron chi connectivity index (χ4n) is 3.06. The summed E-state index contributed by atoms with van der Waals surface area (Å²) >= 11 is 1.05. The van der Waals surface area contributed by atoms with Crippen molar-refractivity contribution in [1.29, 1.82) is 0 Å². The number of nitrogens with one attached hydrogen (secondary N) is 2. The van der Waals surface area contributed by atoms with E-state index in [2.05, 4.69) is 10.3 Å². The lowest BCUT2D eigenvalue weighted by Gasteiger charge is -2.06. The van der Waals surface area contributed by atoms with Gasteiger partial charge in [-0.25, -0.2) is 9.37 Å². The minimum absolute atomic E-state index is 0.0629. The van der Waals surface area contributed by atoms with Crippen LogP contribution in [0.5, 0.6) is 0 Å². The van der Waals surface area contributed by atoms with Gasteiger partial charge in [-0.3, -0.25) is 4.79 Å². The zero-order chi connectivity index (χ0) is 22.0. The normalized spacial score (nSPS) is 11.5. The molecule has 0 bridgehead atoms. The first-order valence-corrected chi connectivity index (χ1v) is 11.8. The van der Waals surface area contributed by atoms with Crippen molar-refractivity contribution in [2.75, 3.05) is 11.1 Å². The molecule has 0 saturated carbocycles. The van der Waals surface area contributed by atoms with Crippen LogP contribution in [0.3, 0.4) is 0 Å². The van der Waals surface area contributed by atoms with Crippen LogP contribution in [0.15, 0.2) is 82.8 Å². The minimum Gasteiger partial charge on any atom is -0.325 e. The molecule has 0 aliphatic heterocycles. The number of hydrogen-bond acceptors (Lipinski definition) is 4. The van der Waals surface area contributed by atoms with Crippen LogP contribution < -0.4 is 9.29 Å². The maximum absolute atomic E-state index is 13.7. The molecule has 158 valence electrons. The van der Waals surface area contributed by atoms with Crippen LogP contribution in [-0.2, 0) is 14.8 Å². The van der Waals surface area contributed by atoms with Crippen LogP contribution in [0.4, 0.5) is 10.1 Å².